The van der Waals surface area contributed by atoms with E-state index in [-0.39, 0.29) is 24.3 Å². The van der Waals surface area contributed by atoms with Gasteiger partial charge in [-0.05, 0) is 50.5 Å². The highest BCUT2D eigenvalue weighted by Crippen LogP contribution is 2.43. The lowest BCUT2D eigenvalue weighted by Crippen LogP contribution is -2.43. The Labute approximate surface area is 194 Å². The molecule has 0 amide bonds. The van der Waals surface area contributed by atoms with Gasteiger partial charge in [-0.15, -0.1) is 0 Å². The molecule has 3 atom stereocenters. The molecule has 1 aliphatic heterocycles. The smallest absolute Gasteiger partial charge is 0.355 e. The zero-order valence-corrected chi connectivity index (χ0v) is 19.0. The highest BCUT2D eigenvalue weighted by Gasteiger charge is 2.52. The van der Waals surface area contributed by atoms with E-state index >= 15 is 0 Å². The van der Waals surface area contributed by atoms with Gasteiger partial charge in [0.1, 0.15) is 0 Å². The molecular formula is C26H30N2O5. The minimum absolute atomic E-state index is 0.0401. The molecule has 3 unspecified atom stereocenters. The van der Waals surface area contributed by atoms with Gasteiger partial charge in [0, 0.05) is 36.2 Å². The number of hydrogen-bond acceptors (Lipinski definition) is 6. The number of nitro groups is 1. The van der Waals surface area contributed by atoms with E-state index in [4.69, 9.17) is 9.47 Å². The summed E-state index contributed by atoms with van der Waals surface area (Å²) in [6.45, 7) is 4.80. The van der Waals surface area contributed by atoms with Crippen molar-refractivity contribution in [3.05, 3.63) is 94.3 Å². The van der Waals surface area contributed by atoms with Crippen molar-refractivity contribution in [2.24, 2.45) is 5.92 Å². The van der Waals surface area contributed by atoms with E-state index in [0.29, 0.717) is 12.0 Å². The molecule has 1 N–H and O–H groups in total. The minimum atomic E-state index is -1.34. The average molecular weight is 451 g/mol. The number of carbonyl (C=O) groups excluding carboxylic acids is 1. The normalized spacial score (nSPS) is 20.5. The number of nitrogens with one attached hydrogen (secondary N) is 1. The van der Waals surface area contributed by atoms with Gasteiger partial charge in [-0.1, -0.05) is 42.5 Å². The molecule has 7 nitrogen and oxygen atoms in total. The van der Waals surface area contributed by atoms with Crippen LogP contribution in [0.1, 0.15) is 37.8 Å². The molecule has 0 saturated carbocycles. The van der Waals surface area contributed by atoms with Crippen LogP contribution >= 0.6 is 0 Å². The number of nitro benzene ring substituents is 1. The first kappa shape index (κ1) is 24.2. The maximum Gasteiger partial charge on any atom is 0.355 e. The van der Waals surface area contributed by atoms with Crippen LogP contribution in [0.5, 0.6) is 0 Å². The monoisotopic (exact) mass is 450 g/mol. The van der Waals surface area contributed by atoms with Crippen LogP contribution in [0.15, 0.2) is 73.0 Å². The van der Waals surface area contributed by atoms with Gasteiger partial charge < -0.3 is 14.8 Å². The maximum atomic E-state index is 13.0. The number of carbonyl (C=O) groups is 1. The van der Waals surface area contributed by atoms with E-state index in [1.165, 1.54) is 18.4 Å². The van der Waals surface area contributed by atoms with Crippen molar-refractivity contribution in [3.63, 3.8) is 0 Å². The van der Waals surface area contributed by atoms with Gasteiger partial charge in [-0.2, -0.15) is 0 Å². The molecule has 0 bridgehead atoms. The van der Waals surface area contributed by atoms with E-state index in [9.17, 15) is 14.9 Å². The van der Waals surface area contributed by atoms with Crippen LogP contribution < -0.4 is 5.32 Å². The SMILES string of the molecule is CCOC(=O)C1(c2ccc([N+](=O)[O-])cc2)OC=CC1CCC(C)NC/C=C/c1ccccc1. The summed E-state index contributed by atoms with van der Waals surface area (Å²) in [6, 6.07) is 16.3. The van der Waals surface area contributed by atoms with Crippen molar-refractivity contribution in [2.45, 2.75) is 38.3 Å². The maximum absolute atomic E-state index is 13.0. The summed E-state index contributed by atoms with van der Waals surface area (Å²) in [6.07, 6.45) is 9.07. The minimum Gasteiger partial charge on any atom is -0.478 e. The molecule has 1 aliphatic rings. The van der Waals surface area contributed by atoms with Gasteiger partial charge in [-0.3, -0.25) is 10.1 Å². The molecule has 0 aromatic heterocycles. The topological polar surface area (TPSA) is 90.7 Å². The van der Waals surface area contributed by atoms with Crippen molar-refractivity contribution >= 4 is 17.7 Å². The van der Waals surface area contributed by atoms with E-state index in [2.05, 4.69) is 36.5 Å². The summed E-state index contributed by atoms with van der Waals surface area (Å²) in [7, 11) is 0. The van der Waals surface area contributed by atoms with E-state index in [1.807, 2.05) is 24.3 Å². The lowest BCUT2D eigenvalue weighted by molar-refractivity contribution is -0.384. The second-order valence-corrected chi connectivity index (χ2v) is 8.01. The predicted molar refractivity (Wildman–Crippen MR) is 127 cm³/mol. The average Bonchev–Trinajstić information content (AvgIpc) is 3.26. The molecule has 0 fully saturated rings. The second kappa shape index (κ2) is 11.4. The fourth-order valence-electron chi connectivity index (χ4n) is 3.99. The number of ether oxygens (including phenoxy) is 2. The van der Waals surface area contributed by atoms with Gasteiger partial charge in [-0.25, -0.2) is 4.79 Å². The van der Waals surface area contributed by atoms with Crippen LogP contribution in [-0.2, 0) is 19.9 Å². The summed E-state index contributed by atoms with van der Waals surface area (Å²) < 4.78 is 11.2. The highest BCUT2D eigenvalue weighted by atomic mass is 16.6. The molecular weight excluding hydrogens is 420 g/mol. The van der Waals surface area contributed by atoms with E-state index in [1.54, 1.807) is 19.1 Å². The van der Waals surface area contributed by atoms with Gasteiger partial charge in [0.2, 0.25) is 5.60 Å². The number of esters is 1. The molecule has 0 saturated heterocycles. The van der Waals surface area contributed by atoms with Gasteiger partial charge in [0.05, 0.1) is 17.8 Å². The number of non-ortho nitro benzene ring substituents is 1. The number of nitrogens with zero attached hydrogens (tertiary/aromatic N) is 1. The van der Waals surface area contributed by atoms with Crippen molar-refractivity contribution in [1.82, 2.24) is 5.32 Å². The molecule has 2 aromatic carbocycles. The molecule has 2 aromatic rings. The van der Waals surface area contributed by atoms with Crippen molar-refractivity contribution < 1.29 is 19.2 Å². The fourth-order valence-corrected chi connectivity index (χ4v) is 3.99. The van der Waals surface area contributed by atoms with Gasteiger partial charge in [0.15, 0.2) is 0 Å². The zero-order chi connectivity index (χ0) is 23.7. The summed E-state index contributed by atoms with van der Waals surface area (Å²) >= 11 is 0. The number of benzene rings is 2. The Kier molecular flexibility index (Phi) is 8.38. The quantitative estimate of drug-likeness (QED) is 0.295. The summed E-state index contributed by atoms with van der Waals surface area (Å²) in [4.78, 5) is 23.6. The fraction of sp³-hybridized carbons (Fsp3) is 0.346. The number of hydrogen-bond donors (Lipinski definition) is 1. The predicted octanol–water partition coefficient (Wildman–Crippen LogP) is 4.99. The molecule has 0 spiro atoms. The summed E-state index contributed by atoms with van der Waals surface area (Å²) in [5, 5.41) is 14.5. The van der Waals surface area contributed by atoms with Gasteiger partial charge in [0.25, 0.3) is 5.69 Å². The molecule has 0 radical (unpaired) electrons. The third kappa shape index (κ3) is 5.87. The van der Waals surface area contributed by atoms with Crippen molar-refractivity contribution in [1.29, 1.82) is 0 Å². The Morgan fingerprint density at radius 3 is 2.64 bits per heavy atom. The molecule has 7 heteroatoms. The molecule has 1 heterocycles. The number of rotatable bonds is 11. The van der Waals surface area contributed by atoms with Crippen molar-refractivity contribution in [2.75, 3.05) is 13.2 Å². The van der Waals surface area contributed by atoms with Crippen LogP contribution in [-0.4, -0.2) is 30.1 Å². The first-order valence-corrected chi connectivity index (χ1v) is 11.2. The Morgan fingerprint density at radius 2 is 1.97 bits per heavy atom. The van der Waals surface area contributed by atoms with Crippen LogP contribution in [0, 0.1) is 16.0 Å². The van der Waals surface area contributed by atoms with Crippen molar-refractivity contribution in [3.8, 4) is 0 Å². The van der Waals surface area contributed by atoms with Crippen LogP contribution in [0.4, 0.5) is 5.69 Å². The van der Waals surface area contributed by atoms with E-state index < -0.39 is 16.5 Å². The molecule has 3 rings (SSSR count). The highest BCUT2D eigenvalue weighted by molar-refractivity contribution is 5.83. The first-order chi connectivity index (χ1) is 16.0. The van der Waals surface area contributed by atoms with Crippen LogP contribution in [0.3, 0.4) is 0 Å². The molecule has 33 heavy (non-hydrogen) atoms. The third-order valence-corrected chi connectivity index (χ3v) is 5.78. The largest absolute Gasteiger partial charge is 0.478 e. The second-order valence-electron chi connectivity index (χ2n) is 8.01. The Bertz CT molecular complexity index is 988. The third-order valence-electron chi connectivity index (χ3n) is 5.78. The Morgan fingerprint density at radius 1 is 1.24 bits per heavy atom. The van der Waals surface area contributed by atoms with E-state index in [0.717, 1.165) is 18.5 Å². The standard InChI is InChI=1S/C26H30N2O5/c1-3-32-25(29)26(22-13-15-24(16-14-22)28(30)31)23(17-19-33-26)12-11-20(2)27-18-7-10-21-8-5-4-6-9-21/h4-10,13-17,19-20,23,27H,3,11-12,18H2,1-2H3/b10-7+. The first-order valence-electron chi connectivity index (χ1n) is 11.2. The Balaban J connectivity index is 1.65. The lowest BCUT2D eigenvalue weighted by Gasteiger charge is -2.33. The summed E-state index contributed by atoms with van der Waals surface area (Å²) in [5.41, 5.74) is 0.329. The van der Waals surface area contributed by atoms with Crippen LogP contribution in [0.25, 0.3) is 6.08 Å². The molecule has 174 valence electrons. The lowest BCUT2D eigenvalue weighted by atomic mass is 9.79. The Hall–Kier alpha value is -3.45. The van der Waals surface area contributed by atoms with Gasteiger partial charge >= 0.3 is 5.97 Å². The zero-order valence-electron chi connectivity index (χ0n) is 19.0. The van der Waals surface area contributed by atoms with Crippen LogP contribution in [0.2, 0.25) is 0 Å². The summed E-state index contributed by atoms with van der Waals surface area (Å²) in [5.74, 6) is -0.734. The molecule has 0 aliphatic carbocycles.